The van der Waals surface area contributed by atoms with E-state index >= 15 is 0 Å². The Morgan fingerprint density at radius 1 is 0.370 bits per heavy atom. The van der Waals surface area contributed by atoms with Crippen molar-refractivity contribution in [1.29, 1.82) is 0 Å². The lowest BCUT2D eigenvalue weighted by atomic mass is 10.0. The molecular formula is C43H27N3. The zero-order valence-electron chi connectivity index (χ0n) is 24.9. The largest absolute Gasteiger partial charge is 0.309 e. The molecule has 214 valence electrons. The summed E-state index contributed by atoms with van der Waals surface area (Å²) in [5.74, 6) is 0. The molecule has 3 heterocycles. The molecule has 0 atom stereocenters. The van der Waals surface area contributed by atoms with Gasteiger partial charge in [0.2, 0.25) is 0 Å². The van der Waals surface area contributed by atoms with Crippen molar-refractivity contribution in [2.45, 2.75) is 0 Å². The number of fused-ring (bicyclic) bond motifs is 9. The van der Waals surface area contributed by atoms with Crippen LogP contribution in [-0.4, -0.2) is 14.1 Å². The summed E-state index contributed by atoms with van der Waals surface area (Å²) in [5.41, 5.74) is 9.49. The Hall–Kier alpha value is -6.19. The van der Waals surface area contributed by atoms with Gasteiger partial charge >= 0.3 is 0 Å². The SMILES string of the molecule is c1ccc(-n2c3ccccc3c3cc4c(ccc5c6ccccc6n(-c6ccc(-c7cncc8ccccc78)cc6)c45)cc32)cc1. The Balaban J connectivity index is 1.26. The lowest BCUT2D eigenvalue weighted by Gasteiger charge is -2.12. The van der Waals surface area contributed by atoms with Gasteiger partial charge in [-0.1, -0.05) is 103 Å². The van der Waals surface area contributed by atoms with Gasteiger partial charge in [0, 0.05) is 61.6 Å². The molecule has 0 N–H and O–H groups in total. The third kappa shape index (κ3) is 3.57. The Morgan fingerprint density at radius 3 is 1.83 bits per heavy atom. The first-order valence-electron chi connectivity index (χ1n) is 15.7. The second kappa shape index (κ2) is 9.65. The van der Waals surface area contributed by atoms with E-state index in [4.69, 9.17) is 0 Å². The third-order valence-electron chi connectivity index (χ3n) is 9.56. The van der Waals surface area contributed by atoms with Crippen molar-refractivity contribution in [1.82, 2.24) is 14.1 Å². The predicted molar refractivity (Wildman–Crippen MR) is 193 cm³/mol. The van der Waals surface area contributed by atoms with Crippen LogP contribution in [0, 0.1) is 0 Å². The quantitative estimate of drug-likeness (QED) is 0.202. The van der Waals surface area contributed by atoms with E-state index in [1.54, 1.807) is 0 Å². The molecule has 0 unspecified atom stereocenters. The Bertz CT molecular complexity index is 2780. The van der Waals surface area contributed by atoms with Crippen LogP contribution in [0.1, 0.15) is 0 Å². The lowest BCUT2D eigenvalue weighted by molar-refractivity contribution is 1.18. The van der Waals surface area contributed by atoms with Crippen LogP contribution in [0.2, 0.25) is 0 Å². The van der Waals surface area contributed by atoms with E-state index in [9.17, 15) is 0 Å². The highest BCUT2D eigenvalue weighted by atomic mass is 15.0. The maximum Gasteiger partial charge on any atom is 0.0619 e. The maximum atomic E-state index is 4.54. The van der Waals surface area contributed by atoms with Crippen LogP contribution < -0.4 is 0 Å². The summed E-state index contributed by atoms with van der Waals surface area (Å²) >= 11 is 0. The molecule has 10 aromatic rings. The van der Waals surface area contributed by atoms with Gasteiger partial charge in [-0.15, -0.1) is 0 Å². The van der Waals surface area contributed by atoms with Crippen LogP contribution in [0.3, 0.4) is 0 Å². The first kappa shape index (κ1) is 25.2. The molecule has 0 radical (unpaired) electrons. The fraction of sp³-hybridized carbons (Fsp3) is 0. The number of aromatic nitrogens is 3. The monoisotopic (exact) mass is 585 g/mol. The molecule has 0 amide bonds. The molecule has 3 heteroatoms. The second-order valence-corrected chi connectivity index (χ2v) is 12.0. The van der Waals surface area contributed by atoms with Crippen LogP contribution in [0.15, 0.2) is 164 Å². The first-order chi connectivity index (χ1) is 22.8. The Labute approximate surface area is 265 Å². The van der Waals surface area contributed by atoms with Crippen molar-refractivity contribution in [3.05, 3.63) is 164 Å². The standard InChI is InChI=1S/C43H27N3/c1-2-11-31(12-3-1)45-40-16-8-7-15-35(40)38-25-37-29(24-42(38)45)20-23-36-34-14-6-9-17-41(34)46(43(36)37)32-21-18-28(19-22-32)39-27-44-26-30-10-4-5-13-33(30)39/h1-27H. The van der Waals surface area contributed by atoms with Gasteiger partial charge in [-0.05, 0) is 64.9 Å². The summed E-state index contributed by atoms with van der Waals surface area (Å²) in [4.78, 5) is 4.54. The number of pyridine rings is 1. The highest BCUT2D eigenvalue weighted by Crippen LogP contribution is 2.41. The Morgan fingerprint density at radius 2 is 1.02 bits per heavy atom. The van der Waals surface area contributed by atoms with E-state index in [-0.39, 0.29) is 0 Å². The number of hydrogen-bond acceptors (Lipinski definition) is 1. The van der Waals surface area contributed by atoms with Crippen molar-refractivity contribution >= 4 is 65.2 Å². The van der Waals surface area contributed by atoms with E-state index in [1.807, 2.05) is 12.4 Å². The van der Waals surface area contributed by atoms with E-state index < -0.39 is 0 Å². The molecule has 7 aromatic carbocycles. The van der Waals surface area contributed by atoms with Crippen LogP contribution in [0.4, 0.5) is 0 Å². The summed E-state index contributed by atoms with van der Waals surface area (Å²) in [7, 11) is 0. The summed E-state index contributed by atoms with van der Waals surface area (Å²) < 4.78 is 4.84. The molecule has 3 nitrogen and oxygen atoms in total. The van der Waals surface area contributed by atoms with Crippen LogP contribution in [-0.2, 0) is 0 Å². The lowest BCUT2D eigenvalue weighted by Crippen LogP contribution is -1.95. The molecule has 46 heavy (non-hydrogen) atoms. The van der Waals surface area contributed by atoms with Crippen LogP contribution >= 0.6 is 0 Å². The van der Waals surface area contributed by atoms with Gasteiger partial charge in [0.15, 0.2) is 0 Å². The molecule has 0 saturated carbocycles. The minimum atomic E-state index is 1.14. The first-order valence-corrected chi connectivity index (χ1v) is 15.7. The minimum absolute atomic E-state index is 1.14. The average molecular weight is 586 g/mol. The Kier molecular flexibility index (Phi) is 5.28. The number of para-hydroxylation sites is 3. The predicted octanol–water partition coefficient (Wildman–Crippen LogP) is 11.2. The van der Waals surface area contributed by atoms with Crippen LogP contribution in [0.25, 0.3) is 87.7 Å². The van der Waals surface area contributed by atoms with Gasteiger partial charge in [-0.3, -0.25) is 4.98 Å². The van der Waals surface area contributed by atoms with Crippen molar-refractivity contribution in [3.8, 4) is 22.5 Å². The van der Waals surface area contributed by atoms with Gasteiger partial charge in [0.05, 0.1) is 22.1 Å². The van der Waals surface area contributed by atoms with Crippen molar-refractivity contribution in [3.63, 3.8) is 0 Å². The molecule has 0 aliphatic carbocycles. The molecule has 0 fully saturated rings. The molecule has 10 rings (SSSR count). The topological polar surface area (TPSA) is 22.8 Å². The van der Waals surface area contributed by atoms with E-state index in [0.717, 1.165) is 22.2 Å². The smallest absolute Gasteiger partial charge is 0.0619 e. The number of nitrogens with zero attached hydrogens (tertiary/aromatic N) is 3. The summed E-state index contributed by atoms with van der Waals surface area (Å²) in [6, 6.07) is 55.0. The normalized spacial score (nSPS) is 11.9. The maximum absolute atomic E-state index is 4.54. The van der Waals surface area contributed by atoms with Gasteiger partial charge in [-0.25, -0.2) is 0 Å². The van der Waals surface area contributed by atoms with Gasteiger partial charge in [0.25, 0.3) is 0 Å². The van der Waals surface area contributed by atoms with Crippen LogP contribution in [0.5, 0.6) is 0 Å². The molecular weight excluding hydrogens is 558 g/mol. The number of hydrogen-bond donors (Lipinski definition) is 0. The van der Waals surface area contributed by atoms with Gasteiger partial charge in [-0.2, -0.15) is 0 Å². The summed E-state index contributed by atoms with van der Waals surface area (Å²) in [6.45, 7) is 0. The van der Waals surface area contributed by atoms with Gasteiger partial charge < -0.3 is 9.13 Å². The zero-order chi connectivity index (χ0) is 30.2. The average Bonchev–Trinajstić information content (AvgIpc) is 3.64. The van der Waals surface area contributed by atoms with E-state index in [1.165, 1.54) is 65.5 Å². The number of rotatable bonds is 3. The highest BCUT2D eigenvalue weighted by Gasteiger charge is 2.18. The van der Waals surface area contributed by atoms with Crippen molar-refractivity contribution < 1.29 is 0 Å². The van der Waals surface area contributed by atoms with Gasteiger partial charge in [0.1, 0.15) is 0 Å². The molecule has 0 bridgehead atoms. The van der Waals surface area contributed by atoms with E-state index in [0.29, 0.717) is 0 Å². The van der Waals surface area contributed by atoms with Crippen molar-refractivity contribution in [2.24, 2.45) is 0 Å². The molecule has 3 aromatic heterocycles. The minimum Gasteiger partial charge on any atom is -0.309 e. The molecule has 0 spiro atoms. The van der Waals surface area contributed by atoms with Crippen molar-refractivity contribution in [2.75, 3.05) is 0 Å². The zero-order valence-corrected chi connectivity index (χ0v) is 24.9. The summed E-state index contributed by atoms with van der Waals surface area (Å²) in [5, 5.41) is 9.88. The third-order valence-corrected chi connectivity index (χ3v) is 9.56. The fourth-order valence-electron chi connectivity index (χ4n) is 7.51. The summed E-state index contributed by atoms with van der Waals surface area (Å²) in [6.07, 6.45) is 3.91. The molecule has 0 saturated heterocycles. The van der Waals surface area contributed by atoms with E-state index in [2.05, 4.69) is 166 Å². The number of benzene rings is 7. The second-order valence-electron chi connectivity index (χ2n) is 12.0. The molecule has 0 aliphatic rings. The highest BCUT2D eigenvalue weighted by molar-refractivity contribution is 6.22. The fourth-order valence-corrected chi connectivity index (χ4v) is 7.51. The molecule has 0 aliphatic heterocycles.